The van der Waals surface area contributed by atoms with Crippen LogP contribution in [-0.2, 0) is 11.3 Å². The number of hydrogen-bond donors (Lipinski definition) is 1. The van der Waals surface area contributed by atoms with E-state index in [0.29, 0.717) is 18.3 Å². The smallest absolute Gasteiger partial charge is 0.230 e. The van der Waals surface area contributed by atoms with Crippen LogP contribution in [0.4, 0.5) is 0 Å². The lowest BCUT2D eigenvalue weighted by Gasteiger charge is -2.23. The molecule has 6 nitrogen and oxygen atoms in total. The van der Waals surface area contributed by atoms with E-state index in [1.165, 1.54) is 0 Å². The second-order valence-electron chi connectivity index (χ2n) is 6.17. The van der Waals surface area contributed by atoms with Crippen LogP contribution < -0.4 is 5.32 Å². The molecule has 0 saturated carbocycles. The van der Waals surface area contributed by atoms with Gasteiger partial charge >= 0.3 is 0 Å². The van der Waals surface area contributed by atoms with Gasteiger partial charge in [0.25, 0.3) is 0 Å². The quantitative estimate of drug-likeness (QED) is 0.887. The number of aromatic nitrogens is 2. The molecule has 1 aromatic heterocycles. The molecular weight excluding hydrogens is 244 g/mol. The maximum atomic E-state index is 12.1. The normalized spacial score (nSPS) is 20.7. The van der Waals surface area contributed by atoms with Crippen LogP contribution in [0.1, 0.15) is 39.0 Å². The van der Waals surface area contributed by atoms with Crippen molar-refractivity contribution in [1.82, 2.24) is 20.4 Å². The fraction of sp³-hybridized carbons (Fsp3) is 0.769. The summed E-state index contributed by atoms with van der Waals surface area (Å²) in [5.41, 5.74) is -0.173. The van der Waals surface area contributed by atoms with E-state index in [1.807, 2.05) is 20.8 Å². The van der Waals surface area contributed by atoms with E-state index in [1.54, 1.807) is 6.92 Å². The van der Waals surface area contributed by atoms with E-state index in [2.05, 4.69) is 20.4 Å². The molecule has 1 aromatic rings. The van der Waals surface area contributed by atoms with Crippen molar-refractivity contribution in [3.63, 3.8) is 0 Å². The van der Waals surface area contributed by atoms with Crippen LogP contribution in [0.3, 0.4) is 0 Å². The van der Waals surface area contributed by atoms with Crippen molar-refractivity contribution < 1.29 is 9.21 Å². The number of likely N-dealkylation sites (tertiary alicyclic amines) is 1. The number of carbonyl (C=O) groups is 1. The third-order valence-electron chi connectivity index (χ3n) is 3.07. The summed E-state index contributed by atoms with van der Waals surface area (Å²) < 4.78 is 5.36. The molecule has 0 spiro atoms. The van der Waals surface area contributed by atoms with Gasteiger partial charge in [-0.1, -0.05) is 0 Å². The maximum Gasteiger partial charge on any atom is 0.230 e. The molecule has 106 valence electrons. The summed E-state index contributed by atoms with van der Waals surface area (Å²) in [6, 6.07) is 0. The molecule has 1 aliphatic heterocycles. The first-order valence-corrected chi connectivity index (χ1v) is 6.67. The molecule has 2 rings (SSSR count). The van der Waals surface area contributed by atoms with Gasteiger partial charge in [-0.15, -0.1) is 10.2 Å². The standard InChI is InChI=1S/C13H22N4O2/c1-9-15-16-11(19-9)8-17-6-5-10(7-17)12(18)14-13(2,3)4/h10H,5-8H2,1-4H3,(H,14,18). The van der Waals surface area contributed by atoms with Gasteiger partial charge in [0.1, 0.15) is 0 Å². The second kappa shape index (κ2) is 5.28. The van der Waals surface area contributed by atoms with E-state index in [9.17, 15) is 4.79 Å². The SMILES string of the molecule is Cc1nnc(CN2CCC(C(=O)NC(C)(C)C)C2)o1. The predicted octanol–water partition coefficient (Wildman–Crippen LogP) is 1.11. The fourth-order valence-corrected chi connectivity index (χ4v) is 2.25. The second-order valence-corrected chi connectivity index (χ2v) is 6.17. The first kappa shape index (κ1) is 14.0. The highest BCUT2D eigenvalue weighted by atomic mass is 16.4. The number of hydrogen-bond acceptors (Lipinski definition) is 5. The van der Waals surface area contributed by atoms with Crippen LogP contribution >= 0.6 is 0 Å². The summed E-state index contributed by atoms with van der Waals surface area (Å²) in [5, 5.41) is 10.8. The zero-order chi connectivity index (χ0) is 14.0. The first-order chi connectivity index (χ1) is 8.83. The Balaban J connectivity index is 1.84. The lowest BCUT2D eigenvalue weighted by atomic mass is 10.0. The van der Waals surface area contributed by atoms with Gasteiger partial charge in [0.15, 0.2) is 0 Å². The number of nitrogens with one attached hydrogen (secondary N) is 1. The van der Waals surface area contributed by atoms with Gasteiger partial charge in [-0.2, -0.15) is 0 Å². The number of rotatable bonds is 3. The third kappa shape index (κ3) is 4.02. The summed E-state index contributed by atoms with van der Waals surface area (Å²) in [6.45, 7) is 10.0. The fourth-order valence-electron chi connectivity index (χ4n) is 2.25. The maximum absolute atomic E-state index is 12.1. The average Bonchev–Trinajstić information content (AvgIpc) is 2.86. The van der Waals surface area contributed by atoms with Gasteiger partial charge < -0.3 is 9.73 Å². The van der Waals surface area contributed by atoms with Crippen molar-refractivity contribution in [2.75, 3.05) is 13.1 Å². The third-order valence-corrected chi connectivity index (χ3v) is 3.07. The lowest BCUT2D eigenvalue weighted by molar-refractivity contribution is -0.126. The highest BCUT2D eigenvalue weighted by molar-refractivity contribution is 5.79. The van der Waals surface area contributed by atoms with Gasteiger partial charge in [-0.25, -0.2) is 0 Å². The molecule has 1 amide bonds. The minimum atomic E-state index is -0.173. The molecule has 6 heteroatoms. The van der Waals surface area contributed by atoms with Crippen molar-refractivity contribution >= 4 is 5.91 Å². The molecule has 1 aliphatic rings. The summed E-state index contributed by atoms with van der Waals surface area (Å²) in [6.07, 6.45) is 0.884. The van der Waals surface area contributed by atoms with Crippen molar-refractivity contribution in [3.8, 4) is 0 Å². The zero-order valence-electron chi connectivity index (χ0n) is 12.1. The van der Waals surface area contributed by atoms with Gasteiger partial charge in [0.2, 0.25) is 17.7 Å². The topological polar surface area (TPSA) is 71.3 Å². The molecule has 1 N–H and O–H groups in total. The Kier molecular flexibility index (Phi) is 3.89. The number of aryl methyl sites for hydroxylation is 1. The van der Waals surface area contributed by atoms with Crippen molar-refractivity contribution in [2.24, 2.45) is 5.92 Å². The molecule has 0 bridgehead atoms. The summed E-state index contributed by atoms with van der Waals surface area (Å²) in [7, 11) is 0. The molecule has 0 aromatic carbocycles. The van der Waals surface area contributed by atoms with Crippen LogP contribution in [0, 0.1) is 12.8 Å². The Morgan fingerprint density at radius 2 is 2.21 bits per heavy atom. The predicted molar refractivity (Wildman–Crippen MR) is 70.3 cm³/mol. The van der Waals surface area contributed by atoms with Crippen LogP contribution in [0.2, 0.25) is 0 Å². The molecular formula is C13H22N4O2. The highest BCUT2D eigenvalue weighted by Crippen LogP contribution is 2.19. The molecule has 1 atom stereocenters. The molecule has 1 fully saturated rings. The van der Waals surface area contributed by atoms with Crippen molar-refractivity contribution in [1.29, 1.82) is 0 Å². The molecule has 1 saturated heterocycles. The minimum absolute atomic E-state index is 0.0586. The van der Waals surface area contributed by atoms with E-state index in [4.69, 9.17) is 4.42 Å². The molecule has 0 radical (unpaired) electrons. The van der Waals surface area contributed by atoms with Gasteiger partial charge in [0, 0.05) is 19.0 Å². The van der Waals surface area contributed by atoms with Crippen LogP contribution in [0.15, 0.2) is 4.42 Å². The Morgan fingerprint density at radius 1 is 1.47 bits per heavy atom. The largest absolute Gasteiger partial charge is 0.424 e. The lowest BCUT2D eigenvalue weighted by Crippen LogP contribution is -2.44. The Bertz CT molecular complexity index is 450. The van der Waals surface area contributed by atoms with Crippen molar-refractivity contribution in [2.45, 2.75) is 46.2 Å². The monoisotopic (exact) mass is 266 g/mol. The Labute approximate surface area is 113 Å². The summed E-state index contributed by atoms with van der Waals surface area (Å²) >= 11 is 0. The van der Waals surface area contributed by atoms with Gasteiger partial charge in [0.05, 0.1) is 12.5 Å². The number of carbonyl (C=O) groups excluding carboxylic acids is 1. The summed E-state index contributed by atoms with van der Waals surface area (Å²) in [5.74, 6) is 1.39. The van der Waals surface area contributed by atoms with Crippen LogP contribution in [-0.4, -0.2) is 39.6 Å². The van der Waals surface area contributed by atoms with E-state index < -0.39 is 0 Å². The minimum Gasteiger partial charge on any atom is -0.424 e. The first-order valence-electron chi connectivity index (χ1n) is 6.67. The molecule has 19 heavy (non-hydrogen) atoms. The highest BCUT2D eigenvalue weighted by Gasteiger charge is 2.30. The van der Waals surface area contributed by atoms with Crippen LogP contribution in [0.5, 0.6) is 0 Å². The van der Waals surface area contributed by atoms with E-state index in [-0.39, 0.29) is 17.4 Å². The number of nitrogens with zero attached hydrogens (tertiary/aromatic N) is 3. The van der Waals surface area contributed by atoms with Crippen molar-refractivity contribution in [3.05, 3.63) is 11.8 Å². The van der Waals surface area contributed by atoms with E-state index in [0.717, 1.165) is 19.5 Å². The summed E-state index contributed by atoms with van der Waals surface area (Å²) in [4.78, 5) is 14.3. The molecule has 2 heterocycles. The molecule has 0 aliphatic carbocycles. The Morgan fingerprint density at radius 3 is 2.79 bits per heavy atom. The van der Waals surface area contributed by atoms with Crippen LogP contribution in [0.25, 0.3) is 0 Å². The molecule has 1 unspecified atom stereocenters. The zero-order valence-corrected chi connectivity index (χ0v) is 12.1. The average molecular weight is 266 g/mol. The number of amides is 1. The Hall–Kier alpha value is -1.43. The van der Waals surface area contributed by atoms with Gasteiger partial charge in [-0.3, -0.25) is 9.69 Å². The van der Waals surface area contributed by atoms with E-state index >= 15 is 0 Å². The van der Waals surface area contributed by atoms with Gasteiger partial charge in [-0.05, 0) is 33.7 Å².